The van der Waals surface area contributed by atoms with Gasteiger partial charge in [0.15, 0.2) is 0 Å². The molecule has 0 bridgehead atoms. The Morgan fingerprint density at radius 2 is 1.65 bits per heavy atom. The molecule has 0 heterocycles. The van der Waals surface area contributed by atoms with E-state index in [0.717, 1.165) is 0 Å². The summed E-state index contributed by atoms with van der Waals surface area (Å²) in [6.07, 6.45) is 7.50. The predicted molar refractivity (Wildman–Crippen MR) is 93.1 cm³/mol. The maximum Gasteiger partial charge on any atom is 0.240 e. The van der Waals surface area contributed by atoms with E-state index in [-0.39, 0.29) is 17.3 Å². The van der Waals surface area contributed by atoms with Crippen LogP contribution in [0.1, 0.15) is 44.1 Å². The van der Waals surface area contributed by atoms with Crippen LogP contribution in [0.15, 0.2) is 29.2 Å². The van der Waals surface area contributed by atoms with Crippen molar-refractivity contribution >= 4 is 22.4 Å². The zero-order valence-electron chi connectivity index (χ0n) is 13.1. The molecule has 2 N–H and O–H groups in total. The number of benzene rings is 1. The van der Waals surface area contributed by atoms with Crippen molar-refractivity contribution in [3.05, 3.63) is 29.8 Å². The van der Waals surface area contributed by atoms with Crippen molar-refractivity contribution in [2.45, 2.75) is 49.5 Å². The molecule has 0 amide bonds. The summed E-state index contributed by atoms with van der Waals surface area (Å²) in [5.41, 5.74) is 0.453. The standard InChI is InChI=1S/C16H23N3O2S.ClH/c17-13-14-7-9-16(10-8-14)22(20,21)19-12-11-18-15-5-3-1-2-4-6-15;/h7-10,15,18-19H,1-6,11-12H2;1H. The molecule has 7 heteroatoms. The lowest BCUT2D eigenvalue weighted by Crippen LogP contribution is -2.36. The highest BCUT2D eigenvalue weighted by atomic mass is 35.5. The van der Waals surface area contributed by atoms with Gasteiger partial charge in [-0.3, -0.25) is 0 Å². The largest absolute Gasteiger partial charge is 0.313 e. The molecule has 1 saturated carbocycles. The van der Waals surface area contributed by atoms with Crippen LogP contribution < -0.4 is 10.0 Å². The van der Waals surface area contributed by atoms with Crippen LogP contribution in [0.5, 0.6) is 0 Å². The Morgan fingerprint density at radius 3 is 2.22 bits per heavy atom. The van der Waals surface area contributed by atoms with Gasteiger partial charge in [-0.1, -0.05) is 25.7 Å². The molecule has 0 atom stereocenters. The van der Waals surface area contributed by atoms with Gasteiger partial charge >= 0.3 is 0 Å². The molecule has 0 aromatic heterocycles. The summed E-state index contributed by atoms with van der Waals surface area (Å²) in [5, 5.41) is 12.2. The SMILES string of the molecule is Cl.N#Cc1ccc(S(=O)(=O)NCCNC2CCCCCC2)cc1. The topological polar surface area (TPSA) is 82.0 Å². The van der Waals surface area contributed by atoms with E-state index in [1.807, 2.05) is 6.07 Å². The monoisotopic (exact) mass is 357 g/mol. The second kappa shape index (κ2) is 9.89. The molecule has 1 aromatic rings. The Hall–Kier alpha value is -1.13. The molecule has 1 aliphatic carbocycles. The van der Waals surface area contributed by atoms with Crippen molar-refractivity contribution in [1.29, 1.82) is 5.26 Å². The molecule has 23 heavy (non-hydrogen) atoms. The first kappa shape index (κ1) is 19.9. The highest BCUT2D eigenvalue weighted by Crippen LogP contribution is 2.16. The van der Waals surface area contributed by atoms with Crippen LogP contribution in [-0.4, -0.2) is 27.5 Å². The number of hydrogen-bond donors (Lipinski definition) is 2. The van der Waals surface area contributed by atoms with E-state index in [2.05, 4.69) is 10.0 Å². The Kier molecular flexibility index (Phi) is 8.56. The van der Waals surface area contributed by atoms with Crippen LogP contribution in [0, 0.1) is 11.3 Å². The van der Waals surface area contributed by atoms with Gasteiger partial charge in [-0.25, -0.2) is 13.1 Å². The summed E-state index contributed by atoms with van der Waals surface area (Å²) in [7, 11) is -3.49. The number of nitrogens with one attached hydrogen (secondary N) is 2. The van der Waals surface area contributed by atoms with Gasteiger partial charge in [0.1, 0.15) is 0 Å². The van der Waals surface area contributed by atoms with Gasteiger partial charge in [0, 0.05) is 19.1 Å². The third kappa shape index (κ3) is 6.48. The molecule has 1 aromatic carbocycles. The van der Waals surface area contributed by atoms with Gasteiger partial charge in [-0.05, 0) is 37.1 Å². The minimum absolute atomic E-state index is 0. The van der Waals surface area contributed by atoms with Gasteiger partial charge in [0.05, 0.1) is 16.5 Å². The normalized spacial score (nSPS) is 16.1. The van der Waals surface area contributed by atoms with Crippen LogP contribution in [-0.2, 0) is 10.0 Å². The van der Waals surface area contributed by atoms with E-state index in [1.165, 1.54) is 62.8 Å². The third-order valence-electron chi connectivity index (χ3n) is 4.00. The van der Waals surface area contributed by atoms with Gasteiger partial charge in [-0.15, -0.1) is 12.4 Å². The van der Waals surface area contributed by atoms with Crippen molar-refractivity contribution in [2.75, 3.05) is 13.1 Å². The van der Waals surface area contributed by atoms with E-state index < -0.39 is 10.0 Å². The van der Waals surface area contributed by atoms with Crippen molar-refractivity contribution in [3.8, 4) is 6.07 Å². The van der Waals surface area contributed by atoms with Gasteiger partial charge in [0.25, 0.3) is 0 Å². The molecule has 0 radical (unpaired) electrons. The summed E-state index contributed by atoms with van der Waals surface area (Å²) in [6, 6.07) is 8.43. The molecule has 0 unspecified atom stereocenters. The summed E-state index contributed by atoms with van der Waals surface area (Å²) < 4.78 is 26.8. The fourth-order valence-electron chi connectivity index (χ4n) is 2.74. The fraction of sp³-hybridized carbons (Fsp3) is 0.562. The van der Waals surface area contributed by atoms with Gasteiger partial charge in [0.2, 0.25) is 10.0 Å². The fourth-order valence-corrected chi connectivity index (χ4v) is 3.77. The Morgan fingerprint density at radius 1 is 1.04 bits per heavy atom. The second-order valence-electron chi connectivity index (χ2n) is 5.68. The van der Waals surface area contributed by atoms with Gasteiger partial charge in [-0.2, -0.15) is 5.26 Å². The molecule has 5 nitrogen and oxygen atoms in total. The highest BCUT2D eigenvalue weighted by Gasteiger charge is 2.14. The van der Waals surface area contributed by atoms with E-state index in [0.29, 0.717) is 24.7 Å². The maximum absolute atomic E-state index is 12.1. The van der Waals surface area contributed by atoms with E-state index >= 15 is 0 Å². The molecule has 0 saturated heterocycles. The first-order valence-electron chi connectivity index (χ1n) is 7.85. The number of rotatable bonds is 6. The van der Waals surface area contributed by atoms with Crippen molar-refractivity contribution in [2.24, 2.45) is 0 Å². The smallest absolute Gasteiger partial charge is 0.240 e. The second-order valence-corrected chi connectivity index (χ2v) is 7.44. The minimum Gasteiger partial charge on any atom is -0.313 e. The van der Waals surface area contributed by atoms with Crippen LogP contribution >= 0.6 is 12.4 Å². The van der Waals surface area contributed by atoms with E-state index in [9.17, 15) is 8.42 Å². The Labute approximate surface area is 144 Å². The molecular weight excluding hydrogens is 334 g/mol. The first-order valence-corrected chi connectivity index (χ1v) is 9.33. The van der Waals surface area contributed by atoms with E-state index in [4.69, 9.17) is 5.26 Å². The number of nitriles is 1. The lowest BCUT2D eigenvalue weighted by atomic mass is 10.1. The molecule has 2 rings (SSSR count). The Bertz CT molecular complexity index is 603. The molecule has 1 aliphatic rings. The van der Waals surface area contributed by atoms with Gasteiger partial charge < -0.3 is 5.32 Å². The Balaban J connectivity index is 0.00000264. The summed E-state index contributed by atoms with van der Waals surface area (Å²) in [5.74, 6) is 0. The molecule has 1 fully saturated rings. The number of nitrogens with zero attached hydrogens (tertiary/aromatic N) is 1. The minimum atomic E-state index is -3.49. The lowest BCUT2D eigenvalue weighted by Gasteiger charge is -2.16. The highest BCUT2D eigenvalue weighted by molar-refractivity contribution is 7.89. The average Bonchev–Trinajstić information content (AvgIpc) is 2.80. The average molecular weight is 358 g/mol. The molecule has 0 aliphatic heterocycles. The van der Waals surface area contributed by atoms with E-state index in [1.54, 1.807) is 0 Å². The van der Waals surface area contributed by atoms with Crippen LogP contribution in [0.3, 0.4) is 0 Å². The zero-order valence-corrected chi connectivity index (χ0v) is 14.8. The molecule has 128 valence electrons. The third-order valence-corrected chi connectivity index (χ3v) is 5.48. The quantitative estimate of drug-likeness (QED) is 0.605. The van der Waals surface area contributed by atoms with Crippen molar-refractivity contribution in [1.82, 2.24) is 10.0 Å². The molecular formula is C16H24ClN3O2S. The summed E-state index contributed by atoms with van der Waals surface area (Å²) in [6.45, 7) is 1.01. The van der Waals surface area contributed by atoms with Crippen LogP contribution in [0.4, 0.5) is 0 Å². The van der Waals surface area contributed by atoms with Crippen molar-refractivity contribution in [3.63, 3.8) is 0 Å². The van der Waals surface area contributed by atoms with Crippen LogP contribution in [0.25, 0.3) is 0 Å². The molecule has 0 spiro atoms. The lowest BCUT2D eigenvalue weighted by molar-refractivity contribution is 0.461. The van der Waals surface area contributed by atoms with Crippen LogP contribution in [0.2, 0.25) is 0 Å². The maximum atomic E-state index is 12.1. The van der Waals surface area contributed by atoms with Crippen molar-refractivity contribution < 1.29 is 8.42 Å². The summed E-state index contributed by atoms with van der Waals surface area (Å²) in [4.78, 5) is 0.195. The number of halogens is 1. The number of sulfonamides is 1. The predicted octanol–water partition coefficient (Wildman–Crippen LogP) is 2.57. The first-order chi connectivity index (χ1) is 10.6. The zero-order chi connectivity index (χ0) is 15.8. The number of hydrogen-bond acceptors (Lipinski definition) is 4. The summed E-state index contributed by atoms with van der Waals surface area (Å²) >= 11 is 0.